The van der Waals surface area contributed by atoms with Gasteiger partial charge >= 0.3 is 0 Å². The minimum Gasteiger partial charge on any atom is -0.387 e. The minimum atomic E-state index is -0.717. The Morgan fingerprint density at radius 1 is 1.36 bits per heavy atom. The molecule has 1 heterocycles. The first kappa shape index (κ1) is 14.2. The van der Waals surface area contributed by atoms with E-state index in [1.165, 1.54) is 11.9 Å². The molecule has 1 aromatic heterocycles. The van der Waals surface area contributed by atoms with Gasteiger partial charge in [0.15, 0.2) is 0 Å². The highest BCUT2D eigenvalue weighted by atomic mass is 35.5. The van der Waals surface area contributed by atoms with Gasteiger partial charge in [-0.05, 0) is 48.8 Å². The molecule has 0 saturated heterocycles. The van der Waals surface area contributed by atoms with Crippen LogP contribution in [-0.2, 0) is 13.0 Å². The lowest BCUT2D eigenvalue weighted by molar-refractivity contribution is -0.0718. The van der Waals surface area contributed by atoms with E-state index in [9.17, 15) is 5.11 Å². The van der Waals surface area contributed by atoms with Gasteiger partial charge < -0.3 is 5.11 Å². The van der Waals surface area contributed by atoms with Crippen LogP contribution in [0, 0.1) is 17.3 Å². The van der Waals surface area contributed by atoms with Crippen LogP contribution >= 0.6 is 11.6 Å². The normalized spacial score (nSPS) is 36.3. The van der Waals surface area contributed by atoms with Crippen LogP contribution in [0.1, 0.15) is 25.3 Å². The van der Waals surface area contributed by atoms with Crippen LogP contribution in [-0.4, -0.2) is 25.5 Å². The number of benzene rings is 1. The fraction of sp³-hybridized carbons (Fsp3) is 0.529. The van der Waals surface area contributed by atoms with Crippen molar-refractivity contribution in [2.24, 2.45) is 17.3 Å². The average molecular weight is 318 g/mol. The van der Waals surface area contributed by atoms with E-state index in [0.29, 0.717) is 12.5 Å². The summed E-state index contributed by atoms with van der Waals surface area (Å²) in [5.74, 6) is 0.889. The number of nitrogens with zero attached hydrogens (tertiary/aromatic N) is 3. The van der Waals surface area contributed by atoms with E-state index < -0.39 is 5.60 Å². The SMILES string of the molecule is CC12CC1CC(Cc1ccc(Cl)cc1)C2(O)Cn1cncn1. The van der Waals surface area contributed by atoms with Crippen LogP contribution < -0.4 is 0 Å². The van der Waals surface area contributed by atoms with E-state index >= 15 is 0 Å². The van der Waals surface area contributed by atoms with Crippen molar-refractivity contribution in [1.82, 2.24) is 14.8 Å². The lowest BCUT2D eigenvalue weighted by Crippen LogP contribution is -2.47. The molecule has 0 amide bonds. The third-order valence-electron chi connectivity index (χ3n) is 5.91. The summed E-state index contributed by atoms with van der Waals surface area (Å²) in [6, 6.07) is 7.96. The van der Waals surface area contributed by atoms with Gasteiger partial charge in [-0.25, -0.2) is 4.98 Å². The molecule has 5 heteroatoms. The second-order valence-corrected chi connectivity index (χ2v) is 7.54. The maximum Gasteiger partial charge on any atom is 0.137 e. The zero-order valence-electron chi connectivity index (χ0n) is 12.6. The van der Waals surface area contributed by atoms with Gasteiger partial charge in [0.2, 0.25) is 0 Å². The van der Waals surface area contributed by atoms with E-state index in [2.05, 4.69) is 29.1 Å². The minimum absolute atomic E-state index is 0.0239. The largest absolute Gasteiger partial charge is 0.387 e. The Bertz CT molecular complexity index is 672. The third kappa shape index (κ3) is 2.09. The van der Waals surface area contributed by atoms with Crippen LogP contribution in [0.25, 0.3) is 0 Å². The maximum atomic E-state index is 11.5. The van der Waals surface area contributed by atoms with Crippen LogP contribution in [0.2, 0.25) is 5.02 Å². The molecule has 1 aromatic carbocycles. The smallest absolute Gasteiger partial charge is 0.137 e. The van der Waals surface area contributed by atoms with Gasteiger partial charge in [-0.3, -0.25) is 4.68 Å². The predicted octanol–water partition coefficient (Wildman–Crippen LogP) is 2.95. The number of halogens is 1. The molecular formula is C17H20ClN3O. The molecule has 2 fully saturated rings. The molecule has 4 rings (SSSR count). The Morgan fingerprint density at radius 2 is 2.14 bits per heavy atom. The number of aromatic nitrogens is 3. The summed E-state index contributed by atoms with van der Waals surface area (Å²) in [5.41, 5.74) is 0.539. The Balaban J connectivity index is 1.59. The molecule has 4 atom stereocenters. The van der Waals surface area contributed by atoms with E-state index in [4.69, 9.17) is 11.6 Å². The number of rotatable bonds is 4. The predicted molar refractivity (Wildman–Crippen MR) is 84.4 cm³/mol. The molecule has 4 nitrogen and oxygen atoms in total. The zero-order chi connectivity index (χ0) is 15.4. The molecule has 22 heavy (non-hydrogen) atoms. The van der Waals surface area contributed by atoms with Gasteiger partial charge in [0.1, 0.15) is 12.7 Å². The fourth-order valence-electron chi connectivity index (χ4n) is 4.36. The number of hydrogen-bond donors (Lipinski definition) is 1. The van der Waals surface area contributed by atoms with E-state index in [-0.39, 0.29) is 11.3 Å². The van der Waals surface area contributed by atoms with Crippen LogP contribution in [0.15, 0.2) is 36.9 Å². The average Bonchev–Trinajstić information content (AvgIpc) is 2.83. The molecule has 116 valence electrons. The first-order chi connectivity index (χ1) is 10.5. The molecule has 2 saturated carbocycles. The molecule has 2 aliphatic rings. The topological polar surface area (TPSA) is 50.9 Å². The Labute approximate surface area is 135 Å². The van der Waals surface area contributed by atoms with Crippen molar-refractivity contribution in [3.8, 4) is 0 Å². The summed E-state index contributed by atoms with van der Waals surface area (Å²) in [5, 5.41) is 16.4. The molecule has 2 aromatic rings. The molecule has 2 aliphatic carbocycles. The Hall–Kier alpha value is -1.39. The lowest BCUT2D eigenvalue weighted by atomic mass is 9.76. The van der Waals surface area contributed by atoms with E-state index in [0.717, 1.165) is 24.3 Å². The third-order valence-corrected chi connectivity index (χ3v) is 6.16. The van der Waals surface area contributed by atoms with Gasteiger partial charge in [-0.2, -0.15) is 5.10 Å². The Kier molecular flexibility index (Phi) is 3.10. The van der Waals surface area contributed by atoms with E-state index in [1.807, 2.05) is 12.1 Å². The van der Waals surface area contributed by atoms with E-state index in [1.54, 1.807) is 11.0 Å². The highest BCUT2D eigenvalue weighted by Crippen LogP contribution is 2.70. The molecule has 0 bridgehead atoms. The summed E-state index contributed by atoms with van der Waals surface area (Å²) >= 11 is 5.96. The zero-order valence-corrected chi connectivity index (χ0v) is 13.4. The maximum absolute atomic E-state index is 11.5. The molecule has 4 unspecified atom stereocenters. The molecule has 0 aliphatic heterocycles. The molecule has 1 N–H and O–H groups in total. The first-order valence-corrected chi connectivity index (χ1v) is 8.18. The second kappa shape index (κ2) is 4.80. The summed E-state index contributed by atoms with van der Waals surface area (Å²) in [6.07, 6.45) is 6.31. The van der Waals surface area contributed by atoms with Gasteiger partial charge in [0.25, 0.3) is 0 Å². The summed E-state index contributed by atoms with van der Waals surface area (Å²) in [6.45, 7) is 2.74. The van der Waals surface area contributed by atoms with Crippen molar-refractivity contribution in [1.29, 1.82) is 0 Å². The van der Waals surface area contributed by atoms with Gasteiger partial charge in [0.05, 0.1) is 12.1 Å². The van der Waals surface area contributed by atoms with Crippen molar-refractivity contribution >= 4 is 11.6 Å². The summed E-state index contributed by atoms with van der Waals surface area (Å²) in [7, 11) is 0. The Morgan fingerprint density at radius 3 is 2.82 bits per heavy atom. The van der Waals surface area contributed by atoms with Gasteiger partial charge in [0, 0.05) is 10.4 Å². The van der Waals surface area contributed by atoms with Crippen molar-refractivity contribution < 1.29 is 5.11 Å². The van der Waals surface area contributed by atoms with Crippen molar-refractivity contribution in [3.05, 3.63) is 47.5 Å². The quantitative estimate of drug-likeness (QED) is 0.943. The molecular weight excluding hydrogens is 298 g/mol. The molecule has 0 radical (unpaired) electrons. The van der Waals surface area contributed by atoms with Crippen LogP contribution in [0.3, 0.4) is 0 Å². The fourth-order valence-corrected chi connectivity index (χ4v) is 4.49. The monoisotopic (exact) mass is 317 g/mol. The van der Waals surface area contributed by atoms with Crippen molar-refractivity contribution in [3.63, 3.8) is 0 Å². The molecule has 0 spiro atoms. The van der Waals surface area contributed by atoms with Crippen LogP contribution in [0.4, 0.5) is 0 Å². The first-order valence-electron chi connectivity index (χ1n) is 7.80. The van der Waals surface area contributed by atoms with Crippen molar-refractivity contribution in [2.75, 3.05) is 0 Å². The number of fused-ring (bicyclic) bond motifs is 1. The standard InChI is InChI=1S/C17H20ClN3O/c1-16-8-14(16)7-13(6-12-2-4-15(18)5-3-12)17(16,22)9-21-11-19-10-20-21/h2-5,10-11,13-14,22H,6-9H2,1H3. The highest BCUT2D eigenvalue weighted by Gasteiger charge is 2.71. The summed E-state index contributed by atoms with van der Waals surface area (Å²) in [4.78, 5) is 4.00. The lowest BCUT2D eigenvalue weighted by Gasteiger charge is -2.37. The van der Waals surface area contributed by atoms with Crippen LogP contribution in [0.5, 0.6) is 0 Å². The number of hydrogen-bond acceptors (Lipinski definition) is 3. The number of aliphatic hydroxyl groups is 1. The second-order valence-electron chi connectivity index (χ2n) is 7.10. The highest BCUT2D eigenvalue weighted by molar-refractivity contribution is 6.30. The van der Waals surface area contributed by atoms with Gasteiger partial charge in [-0.15, -0.1) is 0 Å². The van der Waals surface area contributed by atoms with Crippen molar-refractivity contribution in [2.45, 2.75) is 38.3 Å². The van der Waals surface area contributed by atoms with Gasteiger partial charge in [-0.1, -0.05) is 30.7 Å². The summed E-state index contributed by atoms with van der Waals surface area (Å²) < 4.78 is 1.76.